The van der Waals surface area contributed by atoms with E-state index in [1.807, 2.05) is 0 Å². The number of aromatic hydroxyl groups is 1. The number of phenols is 1. The molecule has 0 heterocycles. The lowest BCUT2D eigenvalue weighted by atomic mass is 10.2. The van der Waals surface area contributed by atoms with E-state index in [1.165, 1.54) is 12.1 Å². The second-order valence-corrected chi connectivity index (χ2v) is 3.74. The monoisotopic (exact) mass is 241 g/mol. The summed E-state index contributed by atoms with van der Waals surface area (Å²) in [6.45, 7) is 0. The fourth-order valence-electron chi connectivity index (χ4n) is 1.50. The molecule has 2 aromatic rings. The lowest BCUT2D eigenvalue weighted by Gasteiger charge is -2.05. The molecule has 90 valence electrons. The van der Waals surface area contributed by atoms with Gasteiger partial charge in [0, 0.05) is 16.8 Å². The SMILES string of the molecule is O=Cc1ccc(NC(=O)c2cccc(O)c2)cc1. The number of benzene rings is 2. The van der Waals surface area contributed by atoms with E-state index < -0.39 is 0 Å². The highest BCUT2D eigenvalue weighted by molar-refractivity contribution is 6.04. The van der Waals surface area contributed by atoms with Crippen LogP contribution in [0.1, 0.15) is 20.7 Å². The lowest BCUT2D eigenvalue weighted by molar-refractivity contribution is 0.102. The number of anilines is 1. The van der Waals surface area contributed by atoms with Crippen molar-refractivity contribution < 1.29 is 14.7 Å². The maximum absolute atomic E-state index is 11.8. The molecule has 0 unspecified atom stereocenters. The topological polar surface area (TPSA) is 66.4 Å². The summed E-state index contributed by atoms with van der Waals surface area (Å²) in [6.07, 6.45) is 0.737. The van der Waals surface area contributed by atoms with Gasteiger partial charge in [-0.25, -0.2) is 0 Å². The third kappa shape index (κ3) is 2.74. The van der Waals surface area contributed by atoms with Gasteiger partial charge in [-0.2, -0.15) is 0 Å². The van der Waals surface area contributed by atoms with Gasteiger partial charge in [-0.1, -0.05) is 6.07 Å². The molecular formula is C14H11NO3. The van der Waals surface area contributed by atoms with Gasteiger partial charge in [0.15, 0.2) is 0 Å². The van der Waals surface area contributed by atoms with Crippen LogP contribution >= 0.6 is 0 Å². The largest absolute Gasteiger partial charge is 0.508 e. The van der Waals surface area contributed by atoms with Gasteiger partial charge in [0.2, 0.25) is 0 Å². The molecule has 0 atom stereocenters. The molecule has 0 saturated heterocycles. The zero-order valence-electron chi connectivity index (χ0n) is 9.46. The molecule has 2 rings (SSSR count). The van der Waals surface area contributed by atoms with Crippen LogP contribution in [0.4, 0.5) is 5.69 Å². The fourth-order valence-corrected chi connectivity index (χ4v) is 1.50. The number of hydrogen-bond acceptors (Lipinski definition) is 3. The Bertz CT molecular complexity index is 576. The predicted octanol–water partition coefficient (Wildman–Crippen LogP) is 2.46. The maximum atomic E-state index is 11.8. The van der Waals surface area contributed by atoms with Crippen molar-refractivity contribution in [3.8, 4) is 5.75 Å². The molecule has 0 aliphatic carbocycles. The molecular weight excluding hydrogens is 230 g/mol. The van der Waals surface area contributed by atoms with Crippen LogP contribution < -0.4 is 5.32 Å². The third-order valence-corrected chi connectivity index (χ3v) is 2.41. The van der Waals surface area contributed by atoms with Crippen molar-refractivity contribution in [2.45, 2.75) is 0 Å². The summed E-state index contributed by atoms with van der Waals surface area (Å²) in [6, 6.07) is 12.6. The number of carbonyl (C=O) groups is 2. The van der Waals surface area contributed by atoms with E-state index in [1.54, 1.807) is 36.4 Å². The highest BCUT2D eigenvalue weighted by Gasteiger charge is 2.06. The molecule has 4 nitrogen and oxygen atoms in total. The Hall–Kier alpha value is -2.62. The quantitative estimate of drug-likeness (QED) is 0.811. The molecule has 0 bridgehead atoms. The molecule has 0 aromatic heterocycles. The van der Waals surface area contributed by atoms with Gasteiger partial charge >= 0.3 is 0 Å². The summed E-state index contributed by atoms with van der Waals surface area (Å²) < 4.78 is 0. The molecule has 1 amide bonds. The van der Waals surface area contributed by atoms with Gasteiger partial charge in [-0.3, -0.25) is 9.59 Å². The first kappa shape index (κ1) is 11.9. The Morgan fingerprint density at radius 3 is 2.44 bits per heavy atom. The van der Waals surface area contributed by atoms with Crippen LogP contribution in [0.25, 0.3) is 0 Å². The van der Waals surface area contributed by atoms with Gasteiger partial charge in [-0.05, 0) is 42.5 Å². The Morgan fingerprint density at radius 1 is 1.11 bits per heavy atom. The van der Waals surface area contributed by atoms with Crippen LogP contribution in [0, 0.1) is 0 Å². The predicted molar refractivity (Wildman–Crippen MR) is 67.9 cm³/mol. The van der Waals surface area contributed by atoms with Crippen molar-refractivity contribution in [1.29, 1.82) is 0 Å². The summed E-state index contributed by atoms with van der Waals surface area (Å²) in [5, 5.41) is 11.9. The van der Waals surface area contributed by atoms with Gasteiger partial charge in [0.1, 0.15) is 12.0 Å². The highest BCUT2D eigenvalue weighted by Crippen LogP contribution is 2.14. The fraction of sp³-hybridized carbons (Fsp3) is 0. The van der Waals surface area contributed by atoms with Crippen molar-refractivity contribution in [3.05, 3.63) is 59.7 Å². The second-order valence-electron chi connectivity index (χ2n) is 3.74. The smallest absolute Gasteiger partial charge is 0.255 e. The van der Waals surface area contributed by atoms with Crippen molar-refractivity contribution in [2.24, 2.45) is 0 Å². The van der Waals surface area contributed by atoms with Crippen LogP contribution in [0.15, 0.2) is 48.5 Å². The first-order chi connectivity index (χ1) is 8.69. The van der Waals surface area contributed by atoms with E-state index in [9.17, 15) is 14.7 Å². The first-order valence-corrected chi connectivity index (χ1v) is 5.34. The number of hydrogen-bond donors (Lipinski definition) is 2. The minimum Gasteiger partial charge on any atom is -0.508 e. The van der Waals surface area contributed by atoms with Crippen molar-refractivity contribution in [3.63, 3.8) is 0 Å². The summed E-state index contributed by atoms with van der Waals surface area (Å²) in [5.74, 6) is -0.274. The van der Waals surface area contributed by atoms with Crippen LogP contribution in [-0.2, 0) is 0 Å². The summed E-state index contributed by atoms with van der Waals surface area (Å²) in [5.41, 5.74) is 1.51. The van der Waals surface area contributed by atoms with Gasteiger partial charge in [0.25, 0.3) is 5.91 Å². The molecule has 2 aromatic carbocycles. The minimum absolute atomic E-state index is 0.0407. The van der Waals surface area contributed by atoms with Gasteiger partial charge < -0.3 is 10.4 Å². The number of phenolic OH excluding ortho intramolecular Hbond substituents is 1. The third-order valence-electron chi connectivity index (χ3n) is 2.41. The van der Waals surface area contributed by atoms with E-state index in [0.717, 1.165) is 6.29 Å². The number of rotatable bonds is 3. The molecule has 4 heteroatoms. The van der Waals surface area contributed by atoms with Crippen molar-refractivity contribution >= 4 is 17.9 Å². The van der Waals surface area contributed by atoms with Crippen LogP contribution in [0.3, 0.4) is 0 Å². The molecule has 0 spiro atoms. The maximum Gasteiger partial charge on any atom is 0.255 e. The molecule has 18 heavy (non-hydrogen) atoms. The molecule has 2 N–H and O–H groups in total. The summed E-state index contributed by atoms with van der Waals surface area (Å²) in [7, 11) is 0. The Kier molecular flexibility index (Phi) is 3.38. The van der Waals surface area contributed by atoms with E-state index in [2.05, 4.69) is 5.32 Å². The number of carbonyl (C=O) groups excluding carboxylic acids is 2. The highest BCUT2D eigenvalue weighted by atomic mass is 16.3. The molecule has 0 fully saturated rings. The van der Waals surface area contributed by atoms with Crippen molar-refractivity contribution in [1.82, 2.24) is 0 Å². The van der Waals surface area contributed by atoms with Gasteiger partial charge in [0.05, 0.1) is 0 Å². The average Bonchev–Trinajstić information content (AvgIpc) is 2.39. The van der Waals surface area contributed by atoms with E-state index >= 15 is 0 Å². The zero-order chi connectivity index (χ0) is 13.0. The van der Waals surface area contributed by atoms with E-state index in [-0.39, 0.29) is 11.7 Å². The Labute approximate surface area is 104 Å². The number of nitrogens with one attached hydrogen (secondary N) is 1. The van der Waals surface area contributed by atoms with Crippen LogP contribution in [0.2, 0.25) is 0 Å². The van der Waals surface area contributed by atoms with Crippen LogP contribution in [-0.4, -0.2) is 17.3 Å². The second kappa shape index (κ2) is 5.14. The van der Waals surface area contributed by atoms with Crippen molar-refractivity contribution in [2.75, 3.05) is 5.32 Å². The molecule has 0 aliphatic heterocycles. The van der Waals surface area contributed by atoms with E-state index in [4.69, 9.17) is 0 Å². The first-order valence-electron chi connectivity index (χ1n) is 5.34. The normalized spacial score (nSPS) is 9.78. The lowest BCUT2D eigenvalue weighted by Crippen LogP contribution is -2.11. The molecule has 0 aliphatic rings. The standard InChI is InChI=1S/C14H11NO3/c16-9-10-4-6-12(7-5-10)15-14(18)11-2-1-3-13(17)8-11/h1-9,17H,(H,15,18). The Morgan fingerprint density at radius 2 is 1.83 bits per heavy atom. The molecule has 0 radical (unpaired) electrons. The summed E-state index contributed by atoms with van der Waals surface area (Å²) >= 11 is 0. The number of amides is 1. The molecule has 0 saturated carbocycles. The number of aldehydes is 1. The van der Waals surface area contributed by atoms with Crippen LogP contribution in [0.5, 0.6) is 5.75 Å². The van der Waals surface area contributed by atoms with Gasteiger partial charge in [-0.15, -0.1) is 0 Å². The zero-order valence-corrected chi connectivity index (χ0v) is 9.46. The Balaban J connectivity index is 2.13. The summed E-state index contributed by atoms with van der Waals surface area (Å²) in [4.78, 5) is 22.3. The average molecular weight is 241 g/mol. The minimum atomic E-state index is -0.315. The van der Waals surface area contributed by atoms with E-state index in [0.29, 0.717) is 16.8 Å².